The van der Waals surface area contributed by atoms with Crippen molar-refractivity contribution < 1.29 is 28.2 Å². The predicted octanol–water partition coefficient (Wildman–Crippen LogP) is 3.16. The van der Waals surface area contributed by atoms with E-state index in [0.717, 1.165) is 12.7 Å². The van der Waals surface area contributed by atoms with Crippen molar-refractivity contribution in [3.8, 4) is 5.75 Å². The van der Waals surface area contributed by atoms with Crippen LogP contribution in [0.1, 0.15) is 31.8 Å². The van der Waals surface area contributed by atoms with E-state index in [2.05, 4.69) is 15.0 Å². The largest absolute Gasteiger partial charge is 0.505 e. The van der Waals surface area contributed by atoms with Crippen molar-refractivity contribution in [2.75, 3.05) is 20.3 Å². The van der Waals surface area contributed by atoms with Crippen LogP contribution < -0.4 is 5.32 Å². The lowest BCUT2D eigenvalue weighted by molar-refractivity contribution is 0.0597. The highest BCUT2D eigenvalue weighted by Crippen LogP contribution is 2.32. The molecule has 2 aromatic carbocycles. The first kappa shape index (κ1) is 20.2. The second kappa shape index (κ2) is 8.64. The number of hydrogen-bond acceptors (Lipinski definition) is 5. The number of carbonyl (C=O) groups is 2. The number of rotatable bonds is 6. The van der Waals surface area contributed by atoms with Crippen LogP contribution in [-0.4, -0.2) is 42.3 Å². The van der Waals surface area contributed by atoms with Crippen molar-refractivity contribution >= 4 is 22.8 Å². The molecule has 2 N–H and O–H groups in total. The van der Waals surface area contributed by atoms with Gasteiger partial charge in [-0.15, -0.1) is 0 Å². The monoisotopic (exact) mass is 400 g/mol. The summed E-state index contributed by atoms with van der Waals surface area (Å²) < 4.78 is 30.2. The quantitative estimate of drug-likeness (QED) is 0.621. The summed E-state index contributed by atoms with van der Waals surface area (Å²) in [5, 5.41) is 13.1. The number of phenols is 1. The van der Waals surface area contributed by atoms with Crippen molar-refractivity contribution in [3.05, 3.63) is 70.7 Å². The van der Waals surface area contributed by atoms with Gasteiger partial charge in [-0.2, -0.15) is 0 Å². The Morgan fingerprint density at radius 2 is 1.86 bits per heavy atom. The summed E-state index contributed by atoms with van der Waals surface area (Å²) in [6.07, 6.45) is 1.91. The molecule has 1 aromatic heterocycles. The van der Waals surface area contributed by atoms with E-state index in [1.54, 1.807) is 18.2 Å². The number of halogens is 2. The van der Waals surface area contributed by atoms with Crippen LogP contribution >= 0.6 is 0 Å². The zero-order valence-corrected chi connectivity index (χ0v) is 15.5. The normalized spacial score (nSPS) is 10.7. The molecule has 0 saturated carbocycles. The molecule has 1 heterocycles. The number of benzene rings is 2. The van der Waals surface area contributed by atoms with E-state index < -0.39 is 24.3 Å². The fraction of sp³-hybridized carbons (Fsp3) is 0.190. The van der Waals surface area contributed by atoms with Gasteiger partial charge in [0, 0.05) is 23.7 Å². The Morgan fingerprint density at radius 1 is 1.14 bits per heavy atom. The van der Waals surface area contributed by atoms with Gasteiger partial charge in [0.25, 0.3) is 5.91 Å². The van der Waals surface area contributed by atoms with E-state index in [9.17, 15) is 23.5 Å². The summed E-state index contributed by atoms with van der Waals surface area (Å²) >= 11 is 0. The molecule has 0 atom stereocenters. The molecule has 0 aliphatic rings. The third kappa shape index (κ3) is 4.31. The number of aromatic nitrogens is 1. The lowest BCUT2D eigenvalue weighted by Crippen LogP contribution is -2.26. The van der Waals surface area contributed by atoms with Crippen molar-refractivity contribution in [1.82, 2.24) is 10.3 Å². The summed E-state index contributed by atoms with van der Waals surface area (Å²) in [6, 6.07) is 8.79. The van der Waals surface area contributed by atoms with Crippen molar-refractivity contribution in [2.24, 2.45) is 0 Å². The van der Waals surface area contributed by atoms with Gasteiger partial charge < -0.3 is 15.2 Å². The van der Waals surface area contributed by atoms with E-state index >= 15 is 0 Å². The average Bonchev–Trinajstić information content (AvgIpc) is 2.73. The smallest absolute Gasteiger partial charge is 0.341 e. The molecule has 3 rings (SSSR count). The molecule has 0 spiro atoms. The molecular formula is C21H18F2N2O4. The minimum atomic E-state index is -0.832. The van der Waals surface area contributed by atoms with Crippen LogP contribution in [0.3, 0.4) is 0 Å². The van der Waals surface area contributed by atoms with Crippen LogP contribution in [0.4, 0.5) is 8.78 Å². The van der Waals surface area contributed by atoms with Crippen LogP contribution in [0.25, 0.3) is 10.9 Å². The summed E-state index contributed by atoms with van der Waals surface area (Å²) in [5.74, 6) is -2.21. The first-order valence-electron chi connectivity index (χ1n) is 8.76. The first-order chi connectivity index (χ1) is 13.9. The maximum Gasteiger partial charge on any atom is 0.341 e. The van der Waals surface area contributed by atoms with Crippen molar-refractivity contribution in [1.29, 1.82) is 0 Å². The van der Waals surface area contributed by atoms with Gasteiger partial charge >= 0.3 is 5.97 Å². The number of hydrogen-bond donors (Lipinski definition) is 2. The number of methoxy groups -OCH3 is 1. The minimum Gasteiger partial charge on any atom is -0.505 e. The number of ether oxygens (including phenoxy) is 1. The summed E-state index contributed by atoms with van der Waals surface area (Å²) in [7, 11) is 1.15. The number of nitrogens with zero attached hydrogens (tertiary/aromatic N) is 1. The second-order valence-electron chi connectivity index (χ2n) is 6.30. The Hall–Kier alpha value is -3.55. The van der Waals surface area contributed by atoms with E-state index in [1.807, 2.05) is 0 Å². The van der Waals surface area contributed by atoms with E-state index in [0.29, 0.717) is 17.4 Å². The molecule has 0 radical (unpaired) electrons. The number of pyridine rings is 1. The Morgan fingerprint density at radius 3 is 2.52 bits per heavy atom. The minimum absolute atomic E-state index is 0.0427. The number of esters is 1. The fourth-order valence-electron chi connectivity index (χ4n) is 2.96. The van der Waals surface area contributed by atoms with Crippen LogP contribution in [-0.2, 0) is 11.2 Å². The number of amides is 1. The molecule has 8 heteroatoms. The van der Waals surface area contributed by atoms with Gasteiger partial charge in [-0.1, -0.05) is 12.1 Å². The highest BCUT2D eigenvalue weighted by Gasteiger charge is 2.22. The number of phenolic OH excluding ortho intramolecular Hbond substituents is 1. The highest BCUT2D eigenvalue weighted by atomic mass is 19.1. The Bertz CT molecular complexity index is 1070. The molecule has 0 saturated heterocycles. The van der Waals surface area contributed by atoms with Gasteiger partial charge in [0.1, 0.15) is 23.6 Å². The van der Waals surface area contributed by atoms with Gasteiger partial charge in [0.15, 0.2) is 5.75 Å². The molecule has 0 fully saturated rings. The van der Waals surface area contributed by atoms with Crippen LogP contribution in [0.2, 0.25) is 0 Å². The summed E-state index contributed by atoms with van der Waals surface area (Å²) in [6.45, 7) is -0.947. The maximum absolute atomic E-state index is 13.1. The topological polar surface area (TPSA) is 88.5 Å². The van der Waals surface area contributed by atoms with Crippen LogP contribution in [0, 0.1) is 5.82 Å². The molecule has 29 heavy (non-hydrogen) atoms. The standard InChI is InChI=1S/C21H18F2N2O4/c1-29-21(28)17-10-16(20(27)24-7-6-22)15-9-13(11-25-18(15)19(17)26)8-12-2-4-14(23)5-3-12/h2-5,9-11,26H,6-8H2,1H3,(H,24,27). The third-order valence-electron chi connectivity index (χ3n) is 4.35. The van der Waals surface area contributed by atoms with Gasteiger partial charge in [-0.25, -0.2) is 13.6 Å². The molecule has 6 nitrogen and oxygen atoms in total. The number of alkyl halides is 1. The van der Waals surface area contributed by atoms with E-state index in [1.165, 1.54) is 24.4 Å². The maximum atomic E-state index is 13.1. The molecular weight excluding hydrogens is 382 g/mol. The van der Waals surface area contributed by atoms with Crippen molar-refractivity contribution in [2.45, 2.75) is 6.42 Å². The van der Waals surface area contributed by atoms with Gasteiger partial charge in [0.05, 0.1) is 7.11 Å². The zero-order valence-electron chi connectivity index (χ0n) is 15.5. The fourth-order valence-corrected chi connectivity index (χ4v) is 2.96. The van der Waals surface area contributed by atoms with Crippen LogP contribution in [0.15, 0.2) is 42.6 Å². The summed E-state index contributed by atoms with van der Waals surface area (Å²) in [5.41, 5.74) is 1.41. The highest BCUT2D eigenvalue weighted by molar-refractivity contribution is 6.11. The Balaban J connectivity index is 2.11. The van der Waals surface area contributed by atoms with Gasteiger partial charge in [-0.05, 0) is 41.8 Å². The SMILES string of the molecule is COC(=O)c1cc(C(=O)NCCF)c2cc(Cc3ccc(F)cc3)cnc2c1O. The van der Waals surface area contributed by atoms with Gasteiger partial charge in [-0.3, -0.25) is 9.78 Å². The number of carbonyl (C=O) groups excluding carboxylic acids is 2. The Labute approximate surface area is 165 Å². The van der Waals surface area contributed by atoms with Crippen molar-refractivity contribution in [3.63, 3.8) is 0 Å². The van der Waals surface area contributed by atoms with Crippen LogP contribution in [0.5, 0.6) is 5.75 Å². The van der Waals surface area contributed by atoms with E-state index in [-0.39, 0.29) is 29.0 Å². The lowest BCUT2D eigenvalue weighted by Gasteiger charge is -2.13. The number of fused-ring (bicyclic) bond motifs is 1. The van der Waals surface area contributed by atoms with E-state index in [4.69, 9.17) is 0 Å². The summed E-state index contributed by atoms with van der Waals surface area (Å²) in [4.78, 5) is 28.7. The Kier molecular flexibility index (Phi) is 6.01. The van der Waals surface area contributed by atoms with Gasteiger partial charge in [0.2, 0.25) is 0 Å². The molecule has 3 aromatic rings. The molecule has 0 bridgehead atoms. The lowest BCUT2D eigenvalue weighted by atomic mass is 9.98. The predicted molar refractivity (Wildman–Crippen MR) is 102 cm³/mol. The molecule has 0 unspecified atom stereocenters. The molecule has 1 amide bonds. The zero-order chi connectivity index (χ0) is 21.0. The molecule has 150 valence electrons. The first-order valence-corrected chi connectivity index (χ1v) is 8.76. The second-order valence-corrected chi connectivity index (χ2v) is 6.30. The number of nitrogens with one attached hydrogen (secondary N) is 1. The average molecular weight is 400 g/mol. The number of aromatic hydroxyl groups is 1. The molecule has 0 aliphatic heterocycles. The third-order valence-corrected chi connectivity index (χ3v) is 4.35. The molecule has 0 aliphatic carbocycles.